The minimum Gasteiger partial charge on any atom is -0.492 e. The van der Waals surface area contributed by atoms with E-state index in [1.165, 1.54) is 25.3 Å². The second-order valence-electron chi connectivity index (χ2n) is 4.37. The van der Waals surface area contributed by atoms with Crippen LogP contribution in [-0.2, 0) is 9.53 Å². The molecule has 2 aromatic rings. The molecular formula is C16H14ClFO3. The molecule has 0 saturated heterocycles. The van der Waals surface area contributed by atoms with Crippen molar-refractivity contribution in [1.82, 2.24) is 0 Å². The van der Waals surface area contributed by atoms with E-state index < -0.39 is 17.7 Å². The van der Waals surface area contributed by atoms with Crippen LogP contribution in [0.1, 0.15) is 11.5 Å². The van der Waals surface area contributed by atoms with Gasteiger partial charge in [0.2, 0.25) is 0 Å². The molecule has 0 aliphatic heterocycles. The monoisotopic (exact) mass is 308 g/mol. The molecule has 0 N–H and O–H groups in total. The summed E-state index contributed by atoms with van der Waals surface area (Å²) >= 11 is 6.10. The number of hydrogen-bond acceptors (Lipinski definition) is 3. The van der Waals surface area contributed by atoms with Crippen molar-refractivity contribution in [3.63, 3.8) is 0 Å². The summed E-state index contributed by atoms with van der Waals surface area (Å²) in [5.74, 6) is -1.19. The number of rotatable bonds is 5. The number of carbonyl (C=O) groups is 1. The van der Waals surface area contributed by atoms with Gasteiger partial charge in [0.15, 0.2) is 0 Å². The fraction of sp³-hybridized carbons (Fsp3) is 0.188. The first-order valence-electron chi connectivity index (χ1n) is 6.32. The van der Waals surface area contributed by atoms with Gasteiger partial charge in [0.25, 0.3) is 0 Å². The Balaban J connectivity index is 2.18. The molecule has 1 atom stereocenters. The van der Waals surface area contributed by atoms with Crippen molar-refractivity contribution >= 4 is 17.6 Å². The van der Waals surface area contributed by atoms with Gasteiger partial charge in [-0.15, -0.1) is 0 Å². The average Bonchev–Trinajstić information content (AvgIpc) is 2.49. The van der Waals surface area contributed by atoms with Crippen molar-refractivity contribution in [2.75, 3.05) is 13.7 Å². The maximum atomic E-state index is 13.1. The molecule has 1 unspecified atom stereocenters. The van der Waals surface area contributed by atoms with Crippen LogP contribution in [0, 0.1) is 5.82 Å². The third-order valence-corrected chi connectivity index (χ3v) is 3.32. The number of hydrogen-bond donors (Lipinski definition) is 0. The molecule has 2 aromatic carbocycles. The Kier molecular flexibility index (Phi) is 5.17. The molecule has 0 aliphatic rings. The highest BCUT2D eigenvalue weighted by Gasteiger charge is 2.24. The molecule has 0 heterocycles. The molecule has 21 heavy (non-hydrogen) atoms. The van der Waals surface area contributed by atoms with Gasteiger partial charge in [-0.2, -0.15) is 0 Å². The molecule has 0 bridgehead atoms. The predicted octanol–water partition coefficient (Wildman–Crippen LogP) is 3.81. The topological polar surface area (TPSA) is 35.5 Å². The zero-order chi connectivity index (χ0) is 15.2. The maximum absolute atomic E-state index is 13.1. The van der Waals surface area contributed by atoms with Gasteiger partial charge in [-0.25, -0.2) is 4.39 Å². The smallest absolute Gasteiger partial charge is 0.316 e. The van der Waals surface area contributed by atoms with Crippen LogP contribution in [0.25, 0.3) is 0 Å². The Morgan fingerprint density at radius 1 is 1.24 bits per heavy atom. The molecule has 0 fully saturated rings. The summed E-state index contributed by atoms with van der Waals surface area (Å²) in [6.07, 6.45) is 0. The van der Waals surface area contributed by atoms with Gasteiger partial charge in [-0.05, 0) is 23.8 Å². The van der Waals surface area contributed by atoms with E-state index >= 15 is 0 Å². The number of ether oxygens (including phenoxy) is 2. The van der Waals surface area contributed by atoms with Gasteiger partial charge in [-0.3, -0.25) is 4.79 Å². The summed E-state index contributed by atoms with van der Waals surface area (Å²) < 4.78 is 23.4. The molecule has 0 aromatic heterocycles. The molecule has 0 spiro atoms. The molecule has 0 amide bonds. The van der Waals surface area contributed by atoms with Crippen molar-refractivity contribution in [2.45, 2.75) is 5.92 Å². The number of benzene rings is 2. The minimum absolute atomic E-state index is 0.0138. The van der Waals surface area contributed by atoms with Crippen LogP contribution in [0.4, 0.5) is 4.39 Å². The third kappa shape index (κ3) is 3.95. The molecule has 110 valence electrons. The first-order chi connectivity index (χ1) is 10.1. The highest BCUT2D eigenvalue weighted by molar-refractivity contribution is 6.31. The highest BCUT2D eigenvalue weighted by Crippen LogP contribution is 2.26. The molecule has 5 heteroatoms. The summed E-state index contributed by atoms with van der Waals surface area (Å²) in [5.41, 5.74) is 0.613. The Morgan fingerprint density at radius 2 is 2.00 bits per heavy atom. The lowest BCUT2D eigenvalue weighted by Gasteiger charge is -2.17. The zero-order valence-corrected chi connectivity index (χ0v) is 12.1. The van der Waals surface area contributed by atoms with E-state index in [4.69, 9.17) is 21.1 Å². The Morgan fingerprint density at radius 3 is 2.67 bits per heavy atom. The first kappa shape index (κ1) is 15.3. The summed E-state index contributed by atoms with van der Waals surface area (Å²) in [6, 6.07) is 12.7. The Labute approximate surface area is 127 Å². The van der Waals surface area contributed by atoms with Gasteiger partial charge in [0.05, 0.1) is 7.11 Å². The van der Waals surface area contributed by atoms with E-state index in [0.717, 1.165) is 0 Å². The van der Waals surface area contributed by atoms with Gasteiger partial charge in [-0.1, -0.05) is 35.9 Å². The first-order valence-corrected chi connectivity index (χ1v) is 6.70. The number of carbonyl (C=O) groups excluding carboxylic acids is 1. The Bertz CT molecular complexity index is 630. The molecule has 3 nitrogen and oxygen atoms in total. The van der Waals surface area contributed by atoms with Gasteiger partial charge in [0, 0.05) is 11.1 Å². The summed E-state index contributed by atoms with van der Waals surface area (Å²) in [4.78, 5) is 11.9. The lowest BCUT2D eigenvalue weighted by Crippen LogP contribution is -2.21. The van der Waals surface area contributed by atoms with Gasteiger partial charge in [0.1, 0.15) is 24.1 Å². The minimum atomic E-state index is -0.674. The number of methoxy groups -OCH3 is 1. The van der Waals surface area contributed by atoms with Crippen LogP contribution in [0.2, 0.25) is 5.02 Å². The number of halogens is 2. The van der Waals surface area contributed by atoms with E-state index in [9.17, 15) is 9.18 Å². The molecule has 2 rings (SSSR count). The number of esters is 1. The van der Waals surface area contributed by atoms with E-state index in [1.807, 2.05) is 0 Å². The fourth-order valence-electron chi connectivity index (χ4n) is 1.92. The van der Waals surface area contributed by atoms with Gasteiger partial charge >= 0.3 is 5.97 Å². The zero-order valence-electron chi connectivity index (χ0n) is 11.4. The van der Waals surface area contributed by atoms with Crippen LogP contribution >= 0.6 is 11.6 Å². The van der Waals surface area contributed by atoms with Crippen molar-refractivity contribution in [3.8, 4) is 5.75 Å². The summed E-state index contributed by atoms with van der Waals surface area (Å²) in [6.45, 7) is 0.0138. The lowest BCUT2D eigenvalue weighted by molar-refractivity contribution is -0.143. The lowest BCUT2D eigenvalue weighted by atomic mass is 10.00. The quantitative estimate of drug-likeness (QED) is 0.788. The van der Waals surface area contributed by atoms with Crippen molar-refractivity contribution < 1.29 is 18.7 Å². The normalized spacial score (nSPS) is 11.8. The van der Waals surface area contributed by atoms with E-state index in [1.54, 1.807) is 30.3 Å². The largest absolute Gasteiger partial charge is 0.492 e. The maximum Gasteiger partial charge on any atom is 0.316 e. The standard InChI is InChI=1S/C16H14ClFO3/c1-20-16(19)14(13-7-2-3-8-15(13)17)10-21-12-6-4-5-11(18)9-12/h2-9,14H,10H2,1H3. The second kappa shape index (κ2) is 7.09. The van der Waals surface area contributed by atoms with Crippen LogP contribution in [0.15, 0.2) is 48.5 Å². The van der Waals surface area contributed by atoms with Crippen molar-refractivity contribution in [1.29, 1.82) is 0 Å². The molecule has 0 radical (unpaired) electrons. The van der Waals surface area contributed by atoms with Crippen LogP contribution in [0.3, 0.4) is 0 Å². The third-order valence-electron chi connectivity index (χ3n) is 2.98. The Hall–Kier alpha value is -2.07. The van der Waals surface area contributed by atoms with Crippen LogP contribution in [-0.4, -0.2) is 19.7 Å². The summed E-state index contributed by atoms with van der Waals surface area (Å²) in [5, 5.41) is 0.454. The fourth-order valence-corrected chi connectivity index (χ4v) is 2.19. The van der Waals surface area contributed by atoms with Gasteiger partial charge < -0.3 is 9.47 Å². The van der Waals surface area contributed by atoms with Crippen LogP contribution < -0.4 is 4.74 Å². The SMILES string of the molecule is COC(=O)C(COc1cccc(F)c1)c1ccccc1Cl. The predicted molar refractivity (Wildman–Crippen MR) is 78.1 cm³/mol. The van der Waals surface area contributed by atoms with Crippen molar-refractivity contribution in [2.24, 2.45) is 0 Å². The van der Waals surface area contributed by atoms with Crippen LogP contribution in [0.5, 0.6) is 5.75 Å². The second-order valence-corrected chi connectivity index (χ2v) is 4.77. The molecular weight excluding hydrogens is 295 g/mol. The van der Waals surface area contributed by atoms with E-state index in [-0.39, 0.29) is 6.61 Å². The molecule has 0 saturated carbocycles. The highest BCUT2D eigenvalue weighted by atomic mass is 35.5. The summed E-state index contributed by atoms with van der Waals surface area (Å²) in [7, 11) is 1.30. The molecule has 0 aliphatic carbocycles. The van der Waals surface area contributed by atoms with E-state index in [2.05, 4.69) is 0 Å². The van der Waals surface area contributed by atoms with Crippen molar-refractivity contribution in [3.05, 3.63) is 64.9 Å². The average molecular weight is 309 g/mol. The van der Waals surface area contributed by atoms with E-state index in [0.29, 0.717) is 16.3 Å².